The Balaban J connectivity index is 2.45. The van der Waals surface area contributed by atoms with Crippen molar-refractivity contribution in [2.45, 2.75) is 32.7 Å². The third-order valence-corrected chi connectivity index (χ3v) is 3.99. The molecule has 1 aromatic rings. The van der Waals surface area contributed by atoms with Crippen molar-refractivity contribution < 1.29 is 14.5 Å². The summed E-state index contributed by atoms with van der Waals surface area (Å²) in [5, 5.41) is 10.9. The van der Waals surface area contributed by atoms with E-state index in [9.17, 15) is 14.9 Å². The van der Waals surface area contributed by atoms with E-state index in [0.29, 0.717) is 18.4 Å². The number of esters is 1. The first-order chi connectivity index (χ1) is 10.4. The molecule has 1 aliphatic rings. The lowest BCUT2D eigenvalue weighted by atomic mass is 9.95. The number of allylic oxidation sites excluding steroid dienone is 1. The molecule has 22 heavy (non-hydrogen) atoms. The fourth-order valence-corrected chi connectivity index (χ4v) is 2.87. The molecule has 0 saturated heterocycles. The van der Waals surface area contributed by atoms with Gasteiger partial charge >= 0.3 is 5.97 Å². The number of methoxy groups -OCH3 is 1. The topological polar surface area (TPSA) is 72.7 Å². The normalized spacial score (nSPS) is 18.3. The number of ether oxygens (including phenoxy) is 1. The van der Waals surface area contributed by atoms with E-state index in [1.54, 1.807) is 0 Å². The van der Waals surface area contributed by atoms with Gasteiger partial charge in [-0.25, -0.2) is 4.79 Å². The van der Waals surface area contributed by atoms with Gasteiger partial charge < -0.3 is 9.64 Å². The third-order valence-electron chi connectivity index (χ3n) is 3.99. The maximum atomic E-state index is 11.9. The van der Waals surface area contributed by atoms with Gasteiger partial charge in [0, 0.05) is 16.3 Å². The fraction of sp³-hybridized carbons (Fsp3) is 0.438. The van der Waals surface area contributed by atoms with E-state index in [-0.39, 0.29) is 23.5 Å². The van der Waals surface area contributed by atoms with Crippen LogP contribution in [0.4, 0.5) is 5.69 Å². The molecule has 0 saturated carbocycles. The summed E-state index contributed by atoms with van der Waals surface area (Å²) in [4.78, 5) is 24.4. The predicted octanol–water partition coefficient (Wildman–Crippen LogP) is 2.69. The maximum Gasteiger partial charge on any atom is 0.335 e. The zero-order valence-corrected chi connectivity index (χ0v) is 13.0. The number of rotatable bonds is 4. The summed E-state index contributed by atoms with van der Waals surface area (Å²) in [6, 6.07) is 7.50. The number of anilines is 1. The van der Waals surface area contributed by atoms with E-state index < -0.39 is 0 Å². The molecule has 0 amide bonds. The van der Waals surface area contributed by atoms with Gasteiger partial charge in [-0.1, -0.05) is 17.7 Å². The summed E-state index contributed by atoms with van der Waals surface area (Å²) < 4.78 is 4.82. The second-order valence-electron chi connectivity index (χ2n) is 5.47. The zero-order valence-electron chi connectivity index (χ0n) is 13.0. The largest absolute Gasteiger partial charge is 0.466 e. The van der Waals surface area contributed by atoms with Gasteiger partial charge in [0.1, 0.15) is 0 Å². The van der Waals surface area contributed by atoms with E-state index in [1.807, 2.05) is 43.0 Å². The summed E-state index contributed by atoms with van der Waals surface area (Å²) in [6.45, 7) is 3.65. The molecule has 1 heterocycles. The Bertz CT molecular complexity index is 607. The smallest absolute Gasteiger partial charge is 0.335 e. The first kappa shape index (κ1) is 16.0. The van der Waals surface area contributed by atoms with Gasteiger partial charge in [-0.05, 0) is 38.8 Å². The standard InChI is InChI=1S/C16H20N2O4/c1-11-4-6-13(7-5-11)18-12(2)15(16(19)22-3)9-8-14(18)10-17(20)21/h4-7,14H,8-10H2,1-3H3. The van der Waals surface area contributed by atoms with Gasteiger partial charge in [0.15, 0.2) is 0 Å². The molecule has 6 heteroatoms. The lowest BCUT2D eigenvalue weighted by molar-refractivity contribution is -0.482. The van der Waals surface area contributed by atoms with Gasteiger partial charge in [0.05, 0.1) is 18.7 Å². The molecule has 0 N–H and O–H groups in total. The Morgan fingerprint density at radius 1 is 1.36 bits per heavy atom. The van der Waals surface area contributed by atoms with Crippen LogP contribution in [0.2, 0.25) is 0 Å². The summed E-state index contributed by atoms with van der Waals surface area (Å²) in [7, 11) is 1.35. The van der Waals surface area contributed by atoms with Crippen LogP contribution in [-0.4, -0.2) is 30.6 Å². The number of benzene rings is 1. The highest BCUT2D eigenvalue weighted by Gasteiger charge is 2.33. The van der Waals surface area contributed by atoms with Crippen molar-refractivity contribution >= 4 is 11.7 Å². The van der Waals surface area contributed by atoms with Crippen LogP contribution in [0, 0.1) is 17.0 Å². The number of carbonyl (C=O) groups is 1. The first-order valence-electron chi connectivity index (χ1n) is 7.19. The number of hydrogen-bond acceptors (Lipinski definition) is 5. The molecule has 1 aromatic carbocycles. The van der Waals surface area contributed by atoms with E-state index in [0.717, 1.165) is 16.9 Å². The molecule has 0 fully saturated rings. The van der Waals surface area contributed by atoms with Gasteiger partial charge in [0.2, 0.25) is 6.54 Å². The molecule has 0 radical (unpaired) electrons. The minimum atomic E-state index is -0.367. The molecule has 0 aliphatic carbocycles. The average molecular weight is 304 g/mol. The quantitative estimate of drug-likeness (QED) is 0.486. The number of hydrogen-bond donors (Lipinski definition) is 0. The van der Waals surface area contributed by atoms with E-state index in [1.165, 1.54) is 7.11 Å². The average Bonchev–Trinajstić information content (AvgIpc) is 2.48. The highest BCUT2D eigenvalue weighted by atomic mass is 16.6. The molecule has 2 rings (SSSR count). The van der Waals surface area contributed by atoms with E-state index in [2.05, 4.69) is 0 Å². The molecule has 0 bridgehead atoms. The summed E-state index contributed by atoms with van der Waals surface area (Å²) in [5.41, 5.74) is 3.29. The van der Waals surface area contributed by atoms with Crippen molar-refractivity contribution in [2.24, 2.45) is 0 Å². The van der Waals surface area contributed by atoms with Gasteiger partial charge in [-0.3, -0.25) is 10.1 Å². The minimum absolute atomic E-state index is 0.153. The van der Waals surface area contributed by atoms with Crippen LogP contribution < -0.4 is 4.90 Å². The van der Waals surface area contributed by atoms with Crippen LogP contribution in [0.5, 0.6) is 0 Å². The van der Waals surface area contributed by atoms with Crippen molar-refractivity contribution in [3.63, 3.8) is 0 Å². The van der Waals surface area contributed by atoms with Crippen molar-refractivity contribution in [1.29, 1.82) is 0 Å². The molecule has 0 aromatic heterocycles. The summed E-state index contributed by atoms with van der Waals surface area (Å²) in [6.07, 6.45) is 1.05. The predicted molar refractivity (Wildman–Crippen MR) is 83.3 cm³/mol. The van der Waals surface area contributed by atoms with Crippen LogP contribution in [-0.2, 0) is 9.53 Å². The second kappa shape index (κ2) is 6.60. The number of aryl methyl sites for hydroxylation is 1. The fourth-order valence-electron chi connectivity index (χ4n) is 2.87. The van der Waals surface area contributed by atoms with E-state index >= 15 is 0 Å². The minimum Gasteiger partial charge on any atom is -0.466 e. The molecular formula is C16H20N2O4. The Labute approximate surface area is 129 Å². The van der Waals surface area contributed by atoms with Crippen LogP contribution in [0.3, 0.4) is 0 Å². The molecule has 1 unspecified atom stereocenters. The van der Waals surface area contributed by atoms with Crippen molar-refractivity contribution in [2.75, 3.05) is 18.6 Å². The van der Waals surface area contributed by atoms with Gasteiger partial charge in [0.25, 0.3) is 0 Å². The number of carbonyl (C=O) groups excluding carboxylic acids is 1. The van der Waals surface area contributed by atoms with E-state index in [4.69, 9.17) is 4.74 Å². The van der Waals surface area contributed by atoms with Crippen molar-refractivity contribution in [3.8, 4) is 0 Å². The summed E-state index contributed by atoms with van der Waals surface area (Å²) in [5.74, 6) is -0.367. The van der Waals surface area contributed by atoms with Gasteiger partial charge in [-0.15, -0.1) is 0 Å². The molecule has 6 nitrogen and oxygen atoms in total. The van der Waals surface area contributed by atoms with Crippen LogP contribution in [0.25, 0.3) is 0 Å². The Kier molecular flexibility index (Phi) is 4.80. The summed E-state index contributed by atoms with van der Waals surface area (Å²) >= 11 is 0. The Hall–Kier alpha value is -2.37. The lowest BCUT2D eigenvalue weighted by Crippen LogP contribution is -2.43. The number of nitro groups is 1. The first-order valence-corrected chi connectivity index (χ1v) is 7.19. The van der Waals surface area contributed by atoms with Gasteiger partial charge in [-0.2, -0.15) is 0 Å². The SMILES string of the molecule is COC(=O)C1=C(C)N(c2ccc(C)cc2)C(C[N+](=O)[O-])CC1. The van der Waals surface area contributed by atoms with Crippen LogP contribution >= 0.6 is 0 Å². The zero-order chi connectivity index (χ0) is 16.3. The molecule has 0 spiro atoms. The Morgan fingerprint density at radius 3 is 2.55 bits per heavy atom. The number of nitrogens with zero attached hydrogens (tertiary/aromatic N) is 2. The van der Waals surface area contributed by atoms with Crippen LogP contribution in [0.15, 0.2) is 35.5 Å². The maximum absolute atomic E-state index is 11.9. The Morgan fingerprint density at radius 2 is 2.00 bits per heavy atom. The molecular weight excluding hydrogens is 284 g/mol. The monoisotopic (exact) mass is 304 g/mol. The van der Waals surface area contributed by atoms with Crippen LogP contribution in [0.1, 0.15) is 25.3 Å². The highest BCUT2D eigenvalue weighted by Crippen LogP contribution is 2.32. The molecule has 1 aliphatic heterocycles. The van der Waals surface area contributed by atoms with Crippen molar-refractivity contribution in [3.05, 3.63) is 51.2 Å². The lowest BCUT2D eigenvalue weighted by Gasteiger charge is -2.37. The third kappa shape index (κ3) is 3.27. The highest BCUT2D eigenvalue weighted by molar-refractivity contribution is 5.90. The van der Waals surface area contributed by atoms with Crippen molar-refractivity contribution in [1.82, 2.24) is 0 Å². The second-order valence-corrected chi connectivity index (χ2v) is 5.47. The molecule has 1 atom stereocenters. The molecule has 118 valence electrons.